The zero-order valence-corrected chi connectivity index (χ0v) is 19.0. The number of methoxy groups -OCH3 is 1. The van der Waals surface area contributed by atoms with Crippen LogP contribution in [-0.2, 0) is 19.6 Å². The van der Waals surface area contributed by atoms with Crippen molar-refractivity contribution in [3.63, 3.8) is 0 Å². The number of benzene rings is 2. The standard InChI is InChI=1S/C22H24F2N2O6S/c1-14-5-3-4-10-26(14)33(29,30)20-11-15(6-9-19(20)31-2)22(28)32-13-21(27)25-16-7-8-17(23)18(24)12-16/h6-9,11-12,14H,3-5,10,13H2,1-2H3,(H,25,27). The lowest BCUT2D eigenvalue weighted by Crippen LogP contribution is -2.42. The zero-order valence-electron chi connectivity index (χ0n) is 18.1. The van der Waals surface area contributed by atoms with Gasteiger partial charge in [0.05, 0.1) is 12.7 Å². The van der Waals surface area contributed by atoms with Gasteiger partial charge >= 0.3 is 5.97 Å². The number of piperidine rings is 1. The molecule has 0 saturated carbocycles. The lowest BCUT2D eigenvalue weighted by Gasteiger charge is -2.32. The van der Waals surface area contributed by atoms with Crippen LogP contribution in [0.3, 0.4) is 0 Å². The number of rotatable bonds is 7. The first-order valence-electron chi connectivity index (χ1n) is 10.3. The minimum Gasteiger partial charge on any atom is -0.495 e. The van der Waals surface area contributed by atoms with Crippen LogP contribution in [0.4, 0.5) is 14.5 Å². The molecule has 0 aliphatic carbocycles. The summed E-state index contributed by atoms with van der Waals surface area (Å²) >= 11 is 0. The number of carbonyl (C=O) groups is 2. The van der Waals surface area contributed by atoms with Gasteiger partial charge in [0.1, 0.15) is 10.6 Å². The summed E-state index contributed by atoms with van der Waals surface area (Å²) in [6.45, 7) is 1.48. The van der Waals surface area contributed by atoms with Crippen molar-refractivity contribution < 1.29 is 36.3 Å². The van der Waals surface area contributed by atoms with Crippen LogP contribution < -0.4 is 10.1 Å². The highest BCUT2D eigenvalue weighted by molar-refractivity contribution is 7.89. The van der Waals surface area contributed by atoms with Crippen molar-refractivity contribution >= 4 is 27.6 Å². The molecule has 1 fully saturated rings. The summed E-state index contributed by atoms with van der Waals surface area (Å²) in [7, 11) is -2.61. The summed E-state index contributed by atoms with van der Waals surface area (Å²) < 4.78 is 64.3. The maximum atomic E-state index is 13.2. The lowest BCUT2D eigenvalue weighted by molar-refractivity contribution is -0.119. The number of anilines is 1. The molecule has 11 heteroatoms. The van der Waals surface area contributed by atoms with Gasteiger partial charge in [0.2, 0.25) is 10.0 Å². The first kappa shape index (κ1) is 24.6. The van der Waals surface area contributed by atoms with Gasteiger partial charge in [0, 0.05) is 24.3 Å². The van der Waals surface area contributed by atoms with Crippen LogP contribution in [0.5, 0.6) is 5.75 Å². The quantitative estimate of drug-likeness (QED) is 0.608. The Morgan fingerprint density at radius 1 is 1.12 bits per heavy atom. The summed E-state index contributed by atoms with van der Waals surface area (Å²) in [4.78, 5) is 24.3. The molecule has 2 aromatic carbocycles. The van der Waals surface area contributed by atoms with E-state index in [0.29, 0.717) is 6.54 Å². The highest BCUT2D eigenvalue weighted by Gasteiger charge is 2.33. The van der Waals surface area contributed by atoms with Crippen molar-refractivity contribution in [1.82, 2.24) is 4.31 Å². The number of halogens is 2. The Kier molecular flexibility index (Phi) is 7.65. The van der Waals surface area contributed by atoms with E-state index in [1.807, 2.05) is 6.92 Å². The molecular weight excluding hydrogens is 458 g/mol. The van der Waals surface area contributed by atoms with Gasteiger partial charge in [0.15, 0.2) is 18.2 Å². The van der Waals surface area contributed by atoms with Gasteiger partial charge < -0.3 is 14.8 Å². The molecule has 178 valence electrons. The molecular formula is C22H24F2N2O6S. The van der Waals surface area contributed by atoms with Gasteiger partial charge in [-0.1, -0.05) is 6.42 Å². The topological polar surface area (TPSA) is 102 Å². The predicted molar refractivity (Wildman–Crippen MR) is 115 cm³/mol. The Morgan fingerprint density at radius 3 is 2.55 bits per heavy atom. The third kappa shape index (κ3) is 5.66. The average molecular weight is 483 g/mol. The average Bonchev–Trinajstić information content (AvgIpc) is 2.79. The molecule has 0 aromatic heterocycles. The molecule has 33 heavy (non-hydrogen) atoms. The van der Waals surface area contributed by atoms with Crippen molar-refractivity contribution in [2.75, 3.05) is 25.6 Å². The summed E-state index contributed by atoms with van der Waals surface area (Å²) in [5, 5.41) is 2.27. The van der Waals surface area contributed by atoms with Crippen molar-refractivity contribution in [3.05, 3.63) is 53.6 Å². The van der Waals surface area contributed by atoms with Gasteiger partial charge in [-0.3, -0.25) is 4.79 Å². The van der Waals surface area contributed by atoms with E-state index in [-0.39, 0.29) is 27.9 Å². The first-order chi connectivity index (χ1) is 15.6. The largest absolute Gasteiger partial charge is 0.495 e. The molecule has 1 N–H and O–H groups in total. The Morgan fingerprint density at radius 2 is 1.88 bits per heavy atom. The molecule has 3 rings (SSSR count). The maximum Gasteiger partial charge on any atom is 0.338 e. The predicted octanol–water partition coefficient (Wildman–Crippen LogP) is 3.33. The third-order valence-corrected chi connectivity index (χ3v) is 7.30. The van der Waals surface area contributed by atoms with Crippen LogP contribution in [0.25, 0.3) is 0 Å². The maximum absolute atomic E-state index is 13.2. The van der Waals surface area contributed by atoms with Crippen LogP contribution >= 0.6 is 0 Å². The molecule has 1 amide bonds. The van der Waals surface area contributed by atoms with Crippen molar-refractivity contribution in [2.24, 2.45) is 0 Å². The lowest BCUT2D eigenvalue weighted by atomic mass is 10.1. The molecule has 1 heterocycles. The molecule has 0 spiro atoms. The number of amides is 1. The molecule has 1 saturated heterocycles. The SMILES string of the molecule is COc1ccc(C(=O)OCC(=O)Nc2ccc(F)c(F)c2)cc1S(=O)(=O)N1CCCCC1C. The molecule has 0 radical (unpaired) electrons. The number of sulfonamides is 1. The Hall–Kier alpha value is -3.05. The van der Waals surface area contributed by atoms with Crippen molar-refractivity contribution in [3.8, 4) is 5.75 Å². The normalized spacial score (nSPS) is 16.8. The number of esters is 1. The first-order valence-corrected chi connectivity index (χ1v) is 11.7. The summed E-state index contributed by atoms with van der Waals surface area (Å²) in [5.41, 5.74) is -0.0944. The zero-order chi connectivity index (χ0) is 24.2. The molecule has 1 aliphatic rings. The monoisotopic (exact) mass is 482 g/mol. The van der Waals surface area contributed by atoms with Gasteiger partial charge in [-0.15, -0.1) is 0 Å². The van der Waals surface area contributed by atoms with Crippen molar-refractivity contribution in [2.45, 2.75) is 37.1 Å². The van der Waals surface area contributed by atoms with E-state index in [0.717, 1.165) is 43.5 Å². The van der Waals surface area contributed by atoms with Gasteiger partial charge in [-0.05, 0) is 50.1 Å². The number of ether oxygens (including phenoxy) is 2. The summed E-state index contributed by atoms with van der Waals surface area (Å²) in [6, 6.07) is 6.43. The van der Waals surface area contributed by atoms with Gasteiger partial charge in [-0.2, -0.15) is 4.31 Å². The van der Waals surface area contributed by atoms with E-state index < -0.39 is 40.1 Å². The summed E-state index contributed by atoms with van der Waals surface area (Å²) in [5.74, 6) is -3.83. The van der Waals surface area contributed by atoms with E-state index in [9.17, 15) is 26.8 Å². The molecule has 2 aromatic rings. The second-order valence-electron chi connectivity index (χ2n) is 7.58. The van der Waals surface area contributed by atoms with E-state index in [1.54, 1.807) is 0 Å². The second kappa shape index (κ2) is 10.3. The Balaban J connectivity index is 1.73. The fraction of sp³-hybridized carbons (Fsp3) is 0.364. The number of hydrogen-bond donors (Lipinski definition) is 1. The summed E-state index contributed by atoms with van der Waals surface area (Å²) in [6.07, 6.45) is 2.40. The fourth-order valence-corrected chi connectivity index (χ4v) is 5.43. The van der Waals surface area contributed by atoms with Crippen LogP contribution in [0.15, 0.2) is 41.3 Å². The molecule has 0 bridgehead atoms. The van der Waals surface area contributed by atoms with E-state index in [2.05, 4.69) is 5.32 Å². The Bertz CT molecular complexity index is 1160. The minimum absolute atomic E-state index is 0.0107. The Labute approximate surface area is 190 Å². The highest BCUT2D eigenvalue weighted by atomic mass is 32.2. The van der Waals surface area contributed by atoms with Gasteiger partial charge in [-0.25, -0.2) is 22.0 Å². The van der Waals surface area contributed by atoms with Gasteiger partial charge in [0.25, 0.3) is 5.91 Å². The van der Waals surface area contributed by atoms with E-state index >= 15 is 0 Å². The second-order valence-corrected chi connectivity index (χ2v) is 9.44. The van der Waals surface area contributed by atoms with Crippen LogP contribution in [0.1, 0.15) is 36.5 Å². The van der Waals surface area contributed by atoms with Crippen LogP contribution in [0, 0.1) is 11.6 Å². The molecule has 1 aliphatic heterocycles. The third-order valence-electron chi connectivity index (χ3n) is 5.27. The smallest absolute Gasteiger partial charge is 0.338 e. The number of nitrogens with zero attached hydrogens (tertiary/aromatic N) is 1. The van der Waals surface area contributed by atoms with Crippen LogP contribution in [0.2, 0.25) is 0 Å². The minimum atomic E-state index is -3.93. The fourth-order valence-electron chi connectivity index (χ4n) is 3.55. The van der Waals surface area contributed by atoms with Crippen molar-refractivity contribution in [1.29, 1.82) is 0 Å². The molecule has 8 nitrogen and oxygen atoms in total. The number of nitrogens with one attached hydrogen (secondary N) is 1. The highest BCUT2D eigenvalue weighted by Crippen LogP contribution is 2.31. The van der Waals surface area contributed by atoms with Crippen LogP contribution in [-0.4, -0.2) is 50.9 Å². The number of hydrogen-bond acceptors (Lipinski definition) is 6. The molecule has 1 unspecified atom stereocenters. The molecule has 1 atom stereocenters. The van der Waals surface area contributed by atoms with E-state index in [4.69, 9.17) is 9.47 Å². The number of carbonyl (C=O) groups excluding carboxylic acids is 2. The van der Waals surface area contributed by atoms with E-state index in [1.165, 1.54) is 23.5 Å².